The summed E-state index contributed by atoms with van der Waals surface area (Å²) in [6.07, 6.45) is -2.55. The van der Waals surface area contributed by atoms with E-state index >= 15 is 0 Å². The lowest BCUT2D eigenvalue weighted by Crippen LogP contribution is -2.34. The molecule has 1 saturated carbocycles. The highest BCUT2D eigenvalue weighted by molar-refractivity contribution is 14.1. The Labute approximate surface area is 253 Å². The van der Waals surface area contributed by atoms with E-state index in [0.717, 1.165) is 26.7 Å². The van der Waals surface area contributed by atoms with Crippen LogP contribution in [0.5, 0.6) is 0 Å². The molecule has 0 spiro atoms. The summed E-state index contributed by atoms with van der Waals surface area (Å²) in [6.45, 7) is 1.35. The molecule has 3 heterocycles. The number of rotatable bonds is 9. The number of carbonyl (C=O) groups is 2. The number of nitrogens with one attached hydrogen (secondary N) is 1. The first kappa shape index (κ1) is 30.0. The van der Waals surface area contributed by atoms with Gasteiger partial charge in [-0.15, -0.1) is 0 Å². The zero-order valence-electron chi connectivity index (χ0n) is 21.6. The number of amides is 1. The molecule has 3 aromatic heterocycles. The minimum absolute atomic E-state index is 0.00916. The topological polar surface area (TPSA) is 108 Å². The van der Waals surface area contributed by atoms with Crippen LogP contribution in [0, 0.1) is 10.5 Å². The summed E-state index contributed by atoms with van der Waals surface area (Å²) in [7, 11) is 0. The molecule has 1 aromatic carbocycles. The van der Waals surface area contributed by atoms with Gasteiger partial charge >= 0.3 is 12.1 Å². The number of benzene rings is 1. The lowest BCUT2D eigenvalue weighted by molar-refractivity contribution is -0.291. The number of aryl methyl sites for hydroxylation is 1. The number of ketones is 1. The summed E-state index contributed by atoms with van der Waals surface area (Å²) in [5, 5.41) is 14.2. The van der Waals surface area contributed by atoms with Gasteiger partial charge in [-0.1, -0.05) is 11.6 Å². The van der Waals surface area contributed by atoms with Crippen molar-refractivity contribution in [2.24, 2.45) is 0 Å². The number of carbonyl (C=O) groups excluding carboxylic acids is 2. The standard InChI is InChI=1S/C26H20ClF5IN7O2/c1-13-7-14(33)8-18(24(42)36-15-4-5-15)17(13)10-21(41)20-9-16(37-40(20)23-19(27)3-2-6-34-23)12-39-35-11-22(38-39)25(28,29)26(30,31)32/h2-3,6-9,11,15H,4-5,10,12H2,1H3,(H,36,42). The van der Waals surface area contributed by atoms with E-state index in [4.69, 9.17) is 11.6 Å². The summed E-state index contributed by atoms with van der Waals surface area (Å²) in [4.78, 5) is 31.5. The lowest BCUT2D eigenvalue weighted by atomic mass is 9.95. The second kappa shape index (κ2) is 11.3. The Morgan fingerprint density at radius 2 is 1.88 bits per heavy atom. The van der Waals surface area contributed by atoms with Gasteiger partial charge in [0.05, 0.1) is 16.9 Å². The van der Waals surface area contributed by atoms with Crippen molar-refractivity contribution in [3.8, 4) is 5.82 Å². The smallest absolute Gasteiger partial charge is 0.349 e. The number of halogens is 7. The highest BCUT2D eigenvalue weighted by Gasteiger charge is 2.60. The van der Waals surface area contributed by atoms with Gasteiger partial charge in [0.25, 0.3) is 5.91 Å². The summed E-state index contributed by atoms with van der Waals surface area (Å²) in [5.74, 6) is -5.89. The molecule has 16 heteroatoms. The van der Waals surface area contributed by atoms with Gasteiger partial charge in [0.1, 0.15) is 12.2 Å². The predicted octanol–water partition coefficient (Wildman–Crippen LogP) is 5.45. The zero-order chi connectivity index (χ0) is 30.4. The average molecular weight is 720 g/mol. The molecule has 1 fully saturated rings. The van der Waals surface area contributed by atoms with Crippen LogP contribution in [0.15, 0.2) is 42.7 Å². The van der Waals surface area contributed by atoms with Gasteiger partial charge < -0.3 is 5.32 Å². The lowest BCUT2D eigenvalue weighted by Gasteiger charge is -2.16. The molecule has 0 saturated heterocycles. The Morgan fingerprint density at radius 1 is 1.14 bits per heavy atom. The zero-order valence-corrected chi connectivity index (χ0v) is 24.5. The van der Waals surface area contributed by atoms with Gasteiger partial charge in [-0.3, -0.25) is 9.59 Å². The summed E-state index contributed by atoms with van der Waals surface area (Å²) in [6, 6.07) is 8.04. The molecule has 42 heavy (non-hydrogen) atoms. The molecule has 0 radical (unpaired) electrons. The molecule has 1 N–H and O–H groups in total. The van der Waals surface area contributed by atoms with Crippen LogP contribution in [0.3, 0.4) is 0 Å². The van der Waals surface area contributed by atoms with Crippen LogP contribution in [0.25, 0.3) is 5.82 Å². The Kier molecular flexibility index (Phi) is 8.08. The van der Waals surface area contributed by atoms with E-state index in [2.05, 4.69) is 48.2 Å². The van der Waals surface area contributed by atoms with Crippen molar-refractivity contribution in [2.75, 3.05) is 0 Å². The normalized spacial score (nSPS) is 13.8. The number of pyridine rings is 1. The van der Waals surface area contributed by atoms with Crippen LogP contribution < -0.4 is 5.32 Å². The van der Waals surface area contributed by atoms with Crippen molar-refractivity contribution in [3.63, 3.8) is 0 Å². The van der Waals surface area contributed by atoms with E-state index in [0.29, 0.717) is 22.1 Å². The molecule has 5 rings (SSSR count). The van der Waals surface area contributed by atoms with Crippen molar-refractivity contribution < 1.29 is 31.5 Å². The maximum absolute atomic E-state index is 13.8. The number of alkyl halides is 5. The molecule has 220 valence electrons. The molecule has 1 aliphatic rings. The minimum Gasteiger partial charge on any atom is -0.349 e. The van der Waals surface area contributed by atoms with E-state index in [9.17, 15) is 31.5 Å². The highest BCUT2D eigenvalue weighted by Crippen LogP contribution is 2.42. The molecule has 1 amide bonds. The van der Waals surface area contributed by atoms with Gasteiger partial charge in [0.2, 0.25) is 0 Å². The number of nitrogens with zero attached hydrogens (tertiary/aromatic N) is 6. The van der Waals surface area contributed by atoms with Gasteiger partial charge in [-0.2, -0.15) is 42.0 Å². The Bertz CT molecular complexity index is 1680. The summed E-state index contributed by atoms with van der Waals surface area (Å²) >= 11 is 8.41. The third kappa shape index (κ3) is 6.16. The quantitative estimate of drug-likeness (QED) is 0.140. The Balaban J connectivity index is 1.50. The van der Waals surface area contributed by atoms with Crippen molar-refractivity contribution in [1.82, 2.24) is 35.1 Å². The third-order valence-electron chi connectivity index (χ3n) is 6.44. The van der Waals surface area contributed by atoms with Gasteiger partial charge in [-0.25, -0.2) is 9.67 Å². The van der Waals surface area contributed by atoms with E-state index in [1.807, 2.05) is 6.07 Å². The second-order valence-electron chi connectivity index (χ2n) is 9.67. The maximum atomic E-state index is 13.8. The monoisotopic (exact) mass is 719 g/mol. The number of hydrogen-bond acceptors (Lipinski definition) is 6. The second-order valence-corrected chi connectivity index (χ2v) is 11.3. The van der Waals surface area contributed by atoms with E-state index in [1.165, 1.54) is 18.3 Å². The summed E-state index contributed by atoms with van der Waals surface area (Å²) in [5.41, 5.74) is 0.0593. The molecule has 9 nitrogen and oxygen atoms in total. The van der Waals surface area contributed by atoms with Crippen LogP contribution in [-0.4, -0.2) is 53.7 Å². The van der Waals surface area contributed by atoms with Crippen LogP contribution >= 0.6 is 34.2 Å². The van der Waals surface area contributed by atoms with Crippen molar-refractivity contribution in [2.45, 2.75) is 50.9 Å². The van der Waals surface area contributed by atoms with E-state index < -0.39 is 30.1 Å². The largest absolute Gasteiger partial charge is 0.459 e. The molecule has 0 bridgehead atoms. The van der Waals surface area contributed by atoms with Crippen LogP contribution in [0.1, 0.15) is 56.2 Å². The highest BCUT2D eigenvalue weighted by atomic mass is 127. The average Bonchev–Trinajstić information content (AvgIpc) is 3.42. The molecule has 0 atom stereocenters. The first-order chi connectivity index (χ1) is 19.7. The molecule has 1 aliphatic carbocycles. The van der Waals surface area contributed by atoms with Gasteiger partial charge in [0.15, 0.2) is 17.3 Å². The van der Waals surface area contributed by atoms with E-state index in [1.54, 1.807) is 19.1 Å². The molecule has 0 aliphatic heterocycles. The molecule has 0 unspecified atom stereocenters. The maximum Gasteiger partial charge on any atom is 0.459 e. The first-order valence-corrected chi connectivity index (χ1v) is 13.9. The fraction of sp³-hybridized carbons (Fsp3) is 0.308. The first-order valence-electron chi connectivity index (χ1n) is 12.4. The number of hydrogen-bond donors (Lipinski definition) is 1. The summed E-state index contributed by atoms with van der Waals surface area (Å²) < 4.78 is 67.7. The van der Waals surface area contributed by atoms with Gasteiger partial charge in [0, 0.05) is 27.8 Å². The number of aromatic nitrogens is 6. The molecule has 4 aromatic rings. The molecular formula is C26H20ClF5IN7O2. The Hall–Kier alpha value is -3.47. The van der Waals surface area contributed by atoms with Crippen LogP contribution in [0.2, 0.25) is 5.02 Å². The van der Waals surface area contributed by atoms with Crippen LogP contribution in [0.4, 0.5) is 22.0 Å². The predicted molar refractivity (Wildman–Crippen MR) is 148 cm³/mol. The van der Waals surface area contributed by atoms with Crippen molar-refractivity contribution in [3.05, 3.63) is 85.1 Å². The SMILES string of the molecule is Cc1cc(I)cc(C(=O)NC2CC2)c1CC(=O)c1cc(Cn2ncc(C(F)(F)C(F)(F)F)n2)nn1-c1ncccc1Cl. The van der Waals surface area contributed by atoms with Crippen LogP contribution in [-0.2, 0) is 18.9 Å². The van der Waals surface area contributed by atoms with Crippen molar-refractivity contribution in [1.29, 1.82) is 0 Å². The molecular weight excluding hydrogens is 700 g/mol. The fourth-order valence-electron chi connectivity index (χ4n) is 4.16. The third-order valence-corrected chi connectivity index (χ3v) is 7.35. The fourth-order valence-corrected chi connectivity index (χ4v) is 5.14. The van der Waals surface area contributed by atoms with E-state index in [-0.39, 0.29) is 40.6 Å². The Morgan fingerprint density at radius 3 is 2.55 bits per heavy atom. The minimum atomic E-state index is -5.85. The van der Waals surface area contributed by atoms with Crippen molar-refractivity contribution >= 4 is 45.9 Å². The number of Topliss-reactive ketones (excluding diaryl/α,β-unsaturated/α-hetero) is 1. The van der Waals surface area contributed by atoms with Gasteiger partial charge in [-0.05, 0) is 83.8 Å².